The minimum Gasteiger partial charge on any atom is -0.491 e. The lowest BCUT2D eigenvalue weighted by Gasteiger charge is -2.36. The first-order valence-corrected chi connectivity index (χ1v) is 19.7. The Bertz CT molecular complexity index is 1830. The predicted octanol–water partition coefficient (Wildman–Crippen LogP) is 5.15. The summed E-state index contributed by atoms with van der Waals surface area (Å²) < 4.78 is 47.5. The molecule has 6 atom stereocenters. The second-order valence-electron chi connectivity index (χ2n) is 15.9. The predicted molar refractivity (Wildman–Crippen MR) is 209 cm³/mol. The molecule has 4 aliphatic heterocycles. The highest BCUT2D eigenvalue weighted by Gasteiger charge is 2.64. The zero-order valence-corrected chi connectivity index (χ0v) is 32.1. The van der Waals surface area contributed by atoms with Crippen molar-refractivity contribution >= 4 is 23.1 Å². The van der Waals surface area contributed by atoms with Gasteiger partial charge in [0.1, 0.15) is 42.3 Å². The number of ether oxygens (including phenoxy) is 3. The van der Waals surface area contributed by atoms with E-state index in [4.69, 9.17) is 25.4 Å². The van der Waals surface area contributed by atoms with Gasteiger partial charge in [-0.25, -0.2) is 8.78 Å². The molecular formula is C43H55F2N6O4+. The quantitative estimate of drug-likeness (QED) is 0.102. The molecule has 294 valence electrons. The van der Waals surface area contributed by atoms with Gasteiger partial charge < -0.3 is 35.1 Å². The van der Waals surface area contributed by atoms with E-state index in [0.29, 0.717) is 23.9 Å². The number of nitrogens with two attached hydrogens (primary N) is 2. The number of hydrogen-bond donors (Lipinski definition) is 4. The smallest absolute Gasteiger partial charge is 0.227 e. The summed E-state index contributed by atoms with van der Waals surface area (Å²) in [4.78, 5) is 17.1. The van der Waals surface area contributed by atoms with Crippen molar-refractivity contribution in [2.24, 2.45) is 17.6 Å². The van der Waals surface area contributed by atoms with Crippen molar-refractivity contribution in [1.29, 1.82) is 5.41 Å². The van der Waals surface area contributed by atoms with Crippen LogP contribution in [0, 0.1) is 28.9 Å². The van der Waals surface area contributed by atoms with E-state index < -0.39 is 17.0 Å². The van der Waals surface area contributed by atoms with Crippen LogP contribution in [0.3, 0.4) is 0 Å². The van der Waals surface area contributed by atoms with Gasteiger partial charge in [0.05, 0.1) is 24.5 Å². The van der Waals surface area contributed by atoms with Crippen molar-refractivity contribution in [1.82, 2.24) is 4.90 Å². The van der Waals surface area contributed by atoms with E-state index in [1.165, 1.54) is 35.7 Å². The Kier molecular flexibility index (Phi) is 11.8. The molecule has 4 heterocycles. The van der Waals surface area contributed by atoms with Crippen LogP contribution in [0.5, 0.6) is 5.75 Å². The molecule has 4 fully saturated rings. The van der Waals surface area contributed by atoms with Gasteiger partial charge >= 0.3 is 0 Å². The second-order valence-corrected chi connectivity index (χ2v) is 15.9. The molecule has 4 aliphatic rings. The number of carbonyl (C=O) groups excluding carboxylic acids is 1. The van der Waals surface area contributed by atoms with Crippen LogP contribution in [0.15, 0.2) is 79.0 Å². The molecule has 6 N–H and O–H groups in total. The molecule has 55 heavy (non-hydrogen) atoms. The summed E-state index contributed by atoms with van der Waals surface area (Å²) in [6.07, 6.45) is 4.86. The normalized spacial score (nSPS) is 26.0. The zero-order valence-electron chi connectivity index (χ0n) is 32.1. The van der Waals surface area contributed by atoms with Gasteiger partial charge in [-0.3, -0.25) is 15.5 Å². The van der Waals surface area contributed by atoms with Gasteiger partial charge in [0.2, 0.25) is 11.7 Å². The van der Waals surface area contributed by atoms with Crippen LogP contribution < -0.4 is 26.0 Å². The van der Waals surface area contributed by atoms with Crippen LogP contribution in [-0.2, 0) is 19.7 Å². The molecule has 0 spiro atoms. The summed E-state index contributed by atoms with van der Waals surface area (Å²) in [5.41, 5.74) is 8.44. The molecule has 3 aromatic rings. The first-order valence-electron chi connectivity index (χ1n) is 19.7. The Labute approximate surface area is 322 Å². The van der Waals surface area contributed by atoms with E-state index in [1.807, 2.05) is 17.0 Å². The number of nitrogens with one attached hydrogen (secondary N) is 2. The van der Waals surface area contributed by atoms with E-state index in [2.05, 4.69) is 67.4 Å². The Morgan fingerprint density at radius 2 is 1.80 bits per heavy atom. The largest absolute Gasteiger partial charge is 0.491 e. The van der Waals surface area contributed by atoms with Gasteiger partial charge in [0.25, 0.3) is 0 Å². The number of piperidine rings is 1. The van der Waals surface area contributed by atoms with E-state index in [-0.39, 0.29) is 61.8 Å². The molecule has 1 amide bonds. The fourth-order valence-electron chi connectivity index (χ4n) is 8.77. The average Bonchev–Trinajstić information content (AvgIpc) is 3.92. The van der Waals surface area contributed by atoms with Crippen molar-refractivity contribution in [2.45, 2.75) is 75.7 Å². The van der Waals surface area contributed by atoms with E-state index in [9.17, 15) is 9.18 Å². The summed E-state index contributed by atoms with van der Waals surface area (Å²) in [5.74, 6) is 0.991. The zero-order chi connectivity index (χ0) is 38.7. The number of anilines is 2. The molecule has 6 unspecified atom stereocenters. The van der Waals surface area contributed by atoms with Crippen LogP contribution >= 0.6 is 0 Å². The molecule has 10 nitrogen and oxygen atoms in total. The maximum Gasteiger partial charge on any atom is 0.227 e. The molecule has 0 aromatic heterocycles. The van der Waals surface area contributed by atoms with Crippen molar-refractivity contribution < 1.29 is 33.1 Å². The highest BCUT2D eigenvalue weighted by atomic mass is 19.1. The van der Waals surface area contributed by atoms with Crippen LogP contribution in [0.1, 0.15) is 57.1 Å². The first kappa shape index (κ1) is 38.7. The van der Waals surface area contributed by atoms with Crippen LogP contribution in [0.2, 0.25) is 0 Å². The Morgan fingerprint density at radius 1 is 1.05 bits per heavy atom. The second kappa shape index (κ2) is 16.7. The van der Waals surface area contributed by atoms with Gasteiger partial charge in [-0.05, 0) is 93.0 Å². The van der Waals surface area contributed by atoms with Gasteiger partial charge in [0, 0.05) is 67.5 Å². The lowest BCUT2D eigenvalue weighted by Crippen LogP contribution is -2.91. The van der Waals surface area contributed by atoms with Crippen LogP contribution in [0.4, 0.5) is 20.2 Å². The van der Waals surface area contributed by atoms with Gasteiger partial charge in [-0.2, -0.15) is 0 Å². The molecule has 12 heteroatoms. The van der Waals surface area contributed by atoms with Crippen LogP contribution in [0.25, 0.3) is 0 Å². The van der Waals surface area contributed by atoms with Crippen LogP contribution in [-0.4, -0.2) is 86.9 Å². The molecular weight excluding hydrogens is 703 g/mol. The molecule has 3 aromatic carbocycles. The molecule has 7 rings (SSSR count). The number of likely N-dealkylation sites (tertiary alicyclic amines) is 1. The number of amides is 1. The molecule has 0 aliphatic carbocycles. The van der Waals surface area contributed by atoms with Crippen molar-refractivity contribution in [3.63, 3.8) is 0 Å². The number of hydrogen-bond acceptors (Lipinski definition) is 8. The molecule has 0 saturated carbocycles. The maximum atomic E-state index is 15.1. The SMILES string of the molecule is CC(c1ccc(NCC2CCN(C(C)C)C2=O)cc1)C1CCN(c2ccc(OCC3OCC(C[NH2+]C(=N)C=CN)(c4ccc(F)cc4F)C4OC34)cc2)CC1. The van der Waals surface area contributed by atoms with E-state index in [0.717, 1.165) is 56.4 Å². The number of halogens is 2. The highest BCUT2D eigenvalue weighted by Crippen LogP contribution is 2.48. The maximum absolute atomic E-state index is 15.1. The Morgan fingerprint density at radius 3 is 2.47 bits per heavy atom. The summed E-state index contributed by atoms with van der Waals surface area (Å²) in [6, 6.07) is 20.8. The van der Waals surface area contributed by atoms with E-state index in [1.54, 1.807) is 5.32 Å². The number of nitrogens with zero attached hydrogens (tertiary/aromatic N) is 2. The standard InChI is InChI=1S/C43H54F2N6O4/c1-27(2)51-21-17-31(42(51)52)23-48-33-7-4-29(5-8-33)28(3)30-15-19-50(20-16-30)34-9-11-35(12-10-34)53-24-38-40-41(55-40)43(26-54-38,25-49-39(47)14-18-46)36-13-6-32(44)22-37(36)45/h4-14,18,22,27-28,30-31,38,40-41,48H,15-17,19-21,23-26,46H2,1-3H3,(H2,47,49)/p+1. The highest BCUT2D eigenvalue weighted by molar-refractivity contribution is 5.82. The fourth-order valence-corrected chi connectivity index (χ4v) is 8.77. The number of carbonyl (C=O) groups is 1. The fraction of sp³-hybridized carbons (Fsp3) is 0.488. The summed E-state index contributed by atoms with van der Waals surface area (Å²) >= 11 is 0. The monoisotopic (exact) mass is 757 g/mol. The lowest BCUT2D eigenvalue weighted by molar-refractivity contribution is -0.551. The Balaban J connectivity index is 0.870. The molecule has 0 radical (unpaired) electrons. The first-order chi connectivity index (χ1) is 26.6. The van der Waals surface area contributed by atoms with Gasteiger partial charge in [-0.1, -0.05) is 25.1 Å². The van der Waals surface area contributed by atoms with Gasteiger partial charge in [-0.15, -0.1) is 0 Å². The van der Waals surface area contributed by atoms with E-state index >= 15 is 4.39 Å². The minimum atomic E-state index is -0.905. The van der Waals surface area contributed by atoms with Crippen molar-refractivity contribution in [2.75, 3.05) is 56.2 Å². The third-order valence-corrected chi connectivity index (χ3v) is 12.2. The molecule has 4 saturated heterocycles. The molecule has 0 bridgehead atoms. The minimum absolute atomic E-state index is 0.0524. The number of epoxide rings is 1. The summed E-state index contributed by atoms with van der Waals surface area (Å²) in [7, 11) is 0. The lowest BCUT2D eigenvalue weighted by atomic mass is 9.74. The number of quaternary nitrogens is 1. The number of rotatable bonds is 14. The Hall–Kier alpha value is -4.52. The summed E-state index contributed by atoms with van der Waals surface area (Å²) in [6.45, 7) is 10.7. The third-order valence-electron chi connectivity index (χ3n) is 12.2. The number of amidine groups is 1. The topological polar surface area (TPSA) is 133 Å². The third kappa shape index (κ3) is 8.51. The van der Waals surface area contributed by atoms with Crippen molar-refractivity contribution in [3.8, 4) is 5.75 Å². The number of benzene rings is 3. The average molecular weight is 758 g/mol. The van der Waals surface area contributed by atoms with Crippen molar-refractivity contribution in [3.05, 3.63) is 102 Å². The summed E-state index contributed by atoms with van der Waals surface area (Å²) in [5, 5.41) is 13.3. The number of fused-ring (bicyclic) bond motifs is 1. The van der Waals surface area contributed by atoms with Gasteiger partial charge in [0.15, 0.2) is 0 Å².